The second kappa shape index (κ2) is 12.7. The number of carbonyl (C=O) groups excluding carboxylic acids is 2. The third-order valence-corrected chi connectivity index (χ3v) is 5.73. The summed E-state index contributed by atoms with van der Waals surface area (Å²) < 4.78 is 0. The maximum absolute atomic E-state index is 12.7. The summed E-state index contributed by atoms with van der Waals surface area (Å²) in [6.45, 7) is 0. The van der Waals surface area contributed by atoms with Gasteiger partial charge >= 0.3 is 0 Å². The molecule has 0 radical (unpaired) electrons. The number of hydrogen-bond acceptors (Lipinski definition) is 6. The van der Waals surface area contributed by atoms with E-state index in [9.17, 15) is 9.59 Å². The van der Waals surface area contributed by atoms with Crippen LogP contribution in [0, 0.1) is 0 Å². The first-order chi connectivity index (χ1) is 19.6. The lowest BCUT2D eigenvalue weighted by Gasteiger charge is -2.08. The highest BCUT2D eigenvalue weighted by molar-refractivity contribution is 6.07. The third-order valence-electron chi connectivity index (χ3n) is 5.73. The van der Waals surface area contributed by atoms with E-state index in [-0.39, 0.29) is 11.8 Å². The Kier molecular flexibility index (Phi) is 8.19. The zero-order valence-corrected chi connectivity index (χ0v) is 21.3. The van der Waals surface area contributed by atoms with E-state index in [1.54, 1.807) is 72.8 Å². The number of amides is 2. The van der Waals surface area contributed by atoms with Crippen molar-refractivity contribution in [1.82, 2.24) is 0 Å². The first-order valence-electron chi connectivity index (χ1n) is 12.5. The number of benzene rings is 5. The fourth-order valence-electron chi connectivity index (χ4n) is 3.62. The molecule has 0 aromatic heterocycles. The molecular weight excluding hydrogens is 500 g/mol. The molecule has 0 aliphatic heterocycles. The molecule has 194 valence electrons. The predicted molar refractivity (Wildman–Crippen MR) is 156 cm³/mol. The normalized spacial score (nSPS) is 11.0. The average Bonchev–Trinajstić information content (AvgIpc) is 3.01. The van der Waals surface area contributed by atoms with Crippen molar-refractivity contribution in [3.8, 4) is 0 Å². The first-order valence-corrected chi connectivity index (χ1v) is 12.5. The number of rotatable bonds is 8. The van der Waals surface area contributed by atoms with Gasteiger partial charge in [-0.3, -0.25) is 9.59 Å². The molecule has 0 bridgehead atoms. The topological polar surface area (TPSA) is 108 Å². The van der Waals surface area contributed by atoms with Crippen molar-refractivity contribution in [3.05, 3.63) is 145 Å². The van der Waals surface area contributed by atoms with E-state index >= 15 is 0 Å². The van der Waals surface area contributed by atoms with Gasteiger partial charge in [0.25, 0.3) is 11.8 Å². The Morgan fingerprint density at radius 3 is 1.00 bits per heavy atom. The number of nitrogens with zero attached hydrogens (tertiary/aromatic N) is 4. The smallest absolute Gasteiger partial charge is 0.255 e. The third kappa shape index (κ3) is 7.17. The summed E-state index contributed by atoms with van der Waals surface area (Å²) in [7, 11) is 0. The van der Waals surface area contributed by atoms with Gasteiger partial charge in [0.05, 0.1) is 22.7 Å². The molecule has 0 fully saturated rings. The van der Waals surface area contributed by atoms with Crippen LogP contribution in [0.4, 0.5) is 34.1 Å². The van der Waals surface area contributed by atoms with Gasteiger partial charge in [0.1, 0.15) is 0 Å². The second-order valence-corrected chi connectivity index (χ2v) is 8.65. The summed E-state index contributed by atoms with van der Waals surface area (Å²) in [5.74, 6) is -0.572. The standard InChI is InChI=1S/C32H24N6O2/c39-31(33-25-15-19-29(20-16-25)37-35-27-7-3-1-4-8-27)23-11-13-24(14-12-23)32(40)34-26-17-21-30(22-18-26)38-36-28-9-5-2-6-10-28/h1-22H,(H,33,39)(H,34,40). The fraction of sp³-hybridized carbons (Fsp3) is 0. The van der Waals surface area contributed by atoms with Crippen LogP contribution in [-0.4, -0.2) is 11.8 Å². The van der Waals surface area contributed by atoms with Crippen LogP contribution in [0.25, 0.3) is 0 Å². The molecule has 0 saturated heterocycles. The van der Waals surface area contributed by atoms with Crippen molar-refractivity contribution in [3.63, 3.8) is 0 Å². The van der Waals surface area contributed by atoms with Crippen LogP contribution in [0.1, 0.15) is 20.7 Å². The Morgan fingerprint density at radius 2 is 0.675 bits per heavy atom. The van der Waals surface area contributed by atoms with Crippen molar-refractivity contribution in [2.45, 2.75) is 0 Å². The maximum atomic E-state index is 12.7. The van der Waals surface area contributed by atoms with Crippen LogP contribution in [-0.2, 0) is 0 Å². The van der Waals surface area contributed by atoms with Crippen LogP contribution in [0.3, 0.4) is 0 Å². The van der Waals surface area contributed by atoms with Gasteiger partial charge in [0.15, 0.2) is 0 Å². The molecule has 0 heterocycles. The molecule has 40 heavy (non-hydrogen) atoms. The van der Waals surface area contributed by atoms with E-state index in [0.717, 1.165) is 11.4 Å². The molecule has 2 N–H and O–H groups in total. The Balaban J connectivity index is 1.14. The highest BCUT2D eigenvalue weighted by Gasteiger charge is 2.10. The van der Waals surface area contributed by atoms with Gasteiger partial charge in [-0.2, -0.15) is 20.5 Å². The number of carbonyl (C=O) groups is 2. The molecule has 0 unspecified atom stereocenters. The van der Waals surface area contributed by atoms with Crippen molar-refractivity contribution >= 4 is 45.9 Å². The van der Waals surface area contributed by atoms with Crippen LogP contribution < -0.4 is 10.6 Å². The Hall–Kier alpha value is -5.76. The average molecular weight is 525 g/mol. The van der Waals surface area contributed by atoms with Gasteiger partial charge in [-0.05, 0) is 97.1 Å². The molecular formula is C32H24N6O2. The lowest BCUT2D eigenvalue weighted by Crippen LogP contribution is -2.14. The molecule has 5 rings (SSSR count). The summed E-state index contributed by atoms with van der Waals surface area (Å²) >= 11 is 0. The Labute approximate surface area is 231 Å². The monoisotopic (exact) mass is 524 g/mol. The number of nitrogens with one attached hydrogen (secondary N) is 2. The lowest BCUT2D eigenvalue weighted by atomic mass is 10.1. The van der Waals surface area contributed by atoms with E-state index in [1.807, 2.05) is 60.7 Å². The van der Waals surface area contributed by atoms with Gasteiger partial charge in [-0.1, -0.05) is 36.4 Å². The fourth-order valence-corrected chi connectivity index (χ4v) is 3.62. The molecule has 0 spiro atoms. The lowest BCUT2D eigenvalue weighted by molar-refractivity contribution is 0.101. The molecule has 8 nitrogen and oxygen atoms in total. The van der Waals surface area contributed by atoms with Crippen molar-refractivity contribution < 1.29 is 9.59 Å². The predicted octanol–water partition coefficient (Wildman–Crippen LogP) is 9.02. The van der Waals surface area contributed by atoms with Crippen molar-refractivity contribution in [2.24, 2.45) is 20.5 Å². The minimum absolute atomic E-state index is 0.286. The molecule has 5 aromatic rings. The SMILES string of the molecule is O=C(Nc1ccc(N=Nc2ccccc2)cc1)c1ccc(C(=O)Nc2ccc(N=Nc3ccccc3)cc2)cc1. The van der Waals surface area contributed by atoms with Gasteiger partial charge in [0.2, 0.25) is 0 Å². The quantitative estimate of drug-likeness (QED) is 0.198. The van der Waals surface area contributed by atoms with Gasteiger partial charge < -0.3 is 10.6 Å². The van der Waals surface area contributed by atoms with E-state index in [0.29, 0.717) is 33.9 Å². The Morgan fingerprint density at radius 1 is 0.375 bits per heavy atom. The summed E-state index contributed by atoms with van der Waals surface area (Å²) in [5, 5.41) is 22.5. The molecule has 0 atom stereocenters. The van der Waals surface area contributed by atoms with Crippen LogP contribution >= 0.6 is 0 Å². The highest BCUT2D eigenvalue weighted by atomic mass is 16.2. The number of anilines is 2. The van der Waals surface area contributed by atoms with Crippen molar-refractivity contribution in [2.75, 3.05) is 10.6 Å². The zero-order chi connectivity index (χ0) is 27.6. The number of hydrogen-bond donors (Lipinski definition) is 2. The minimum Gasteiger partial charge on any atom is -0.322 e. The maximum Gasteiger partial charge on any atom is 0.255 e. The van der Waals surface area contributed by atoms with E-state index in [1.165, 1.54) is 0 Å². The van der Waals surface area contributed by atoms with Gasteiger partial charge in [-0.15, -0.1) is 0 Å². The summed E-state index contributed by atoms with van der Waals surface area (Å²) in [5.41, 5.74) is 4.96. The van der Waals surface area contributed by atoms with Crippen LogP contribution in [0.5, 0.6) is 0 Å². The van der Waals surface area contributed by atoms with E-state index in [2.05, 4.69) is 31.1 Å². The van der Waals surface area contributed by atoms with E-state index < -0.39 is 0 Å². The number of azo groups is 2. The summed E-state index contributed by atoms with van der Waals surface area (Å²) in [4.78, 5) is 25.4. The first kappa shape index (κ1) is 25.9. The van der Waals surface area contributed by atoms with E-state index in [4.69, 9.17) is 0 Å². The molecule has 5 aromatic carbocycles. The summed E-state index contributed by atoms with van der Waals surface area (Å²) in [6.07, 6.45) is 0. The van der Waals surface area contributed by atoms with Crippen LogP contribution in [0.15, 0.2) is 154 Å². The molecule has 0 saturated carbocycles. The van der Waals surface area contributed by atoms with Crippen LogP contribution in [0.2, 0.25) is 0 Å². The molecule has 0 aliphatic rings. The van der Waals surface area contributed by atoms with Gasteiger partial charge in [0, 0.05) is 22.5 Å². The minimum atomic E-state index is -0.286. The zero-order valence-electron chi connectivity index (χ0n) is 21.3. The molecule has 0 aliphatic carbocycles. The second-order valence-electron chi connectivity index (χ2n) is 8.65. The van der Waals surface area contributed by atoms with Gasteiger partial charge in [-0.25, -0.2) is 0 Å². The highest BCUT2D eigenvalue weighted by Crippen LogP contribution is 2.22. The molecule has 2 amide bonds. The largest absolute Gasteiger partial charge is 0.322 e. The Bertz CT molecular complexity index is 1510. The van der Waals surface area contributed by atoms with Crippen molar-refractivity contribution in [1.29, 1.82) is 0 Å². The summed E-state index contributed by atoms with van der Waals surface area (Å²) in [6, 6.07) is 39.4. The molecule has 8 heteroatoms.